The van der Waals surface area contributed by atoms with Crippen LogP contribution in [0.25, 0.3) is 0 Å². The van der Waals surface area contributed by atoms with Gasteiger partial charge >= 0.3 is 5.97 Å². The lowest BCUT2D eigenvalue weighted by Gasteiger charge is -2.31. The van der Waals surface area contributed by atoms with Gasteiger partial charge < -0.3 is 104 Å². The zero-order chi connectivity index (χ0) is 70.3. The molecular formula is C55H90N18O17S2. The van der Waals surface area contributed by atoms with Crippen LogP contribution in [0.15, 0.2) is 29.3 Å². The van der Waals surface area contributed by atoms with Crippen molar-refractivity contribution in [3.8, 4) is 5.75 Å². The quantitative estimate of drug-likeness (QED) is 0.0125. The number of hydrogen-bond acceptors (Lipinski definition) is 20. The van der Waals surface area contributed by atoms with Crippen LogP contribution in [0.5, 0.6) is 5.75 Å². The van der Waals surface area contributed by atoms with Crippen LogP contribution in [0.3, 0.4) is 0 Å². The van der Waals surface area contributed by atoms with Crippen LogP contribution in [0, 0.1) is 17.8 Å². The van der Waals surface area contributed by atoms with Gasteiger partial charge in [0, 0.05) is 24.5 Å². The highest BCUT2D eigenvalue weighted by atomic mass is 32.1. The number of primary amides is 4. The minimum absolute atomic E-state index is 0.0124. The van der Waals surface area contributed by atoms with Crippen molar-refractivity contribution in [1.29, 1.82) is 0 Å². The smallest absolute Gasteiger partial charge is 0.327 e. The molecule has 0 spiro atoms. The third kappa shape index (κ3) is 29.8. The van der Waals surface area contributed by atoms with Crippen molar-refractivity contribution in [2.75, 3.05) is 18.1 Å². The number of carboxylic acids is 1. The Kier molecular flexibility index (Phi) is 35.8. The fraction of sp³-hybridized carbons (Fsp3) is 0.600. The largest absolute Gasteiger partial charge is 0.508 e. The highest BCUT2D eigenvalue weighted by Crippen LogP contribution is 2.17. The number of carboxylic acid groups (broad SMARTS) is 1. The molecule has 1 aromatic rings. The van der Waals surface area contributed by atoms with E-state index in [4.69, 9.17) is 40.1 Å². The molecule has 0 unspecified atom stereocenters. The van der Waals surface area contributed by atoms with Gasteiger partial charge in [-0.15, -0.1) is 0 Å². The van der Waals surface area contributed by atoms with Crippen LogP contribution in [-0.4, -0.2) is 189 Å². The summed E-state index contributed by atoms with van der Waals surface area (Å²) in [6, 6.07) is -12.6. The number of nitrogens with two attached hydrogens (primary N) is 7. The molecule has 0 aromatic heterocycles. The summed E-state index contributed by atoms with van der Waals surface area (Å²) in [6.07, 6.45) is -3.45. The van der Waals surface area contributed by atoms with Crippen molar-refractivity contribution >= 4 is 120 Å². The Labute approximate surface area is 541 Å². The number of carbonyl (C=O) groups is 15. The van der Waals surface area contributed by atoms with Crippen LogP contribution in [0.4, 0.5) is 0 Å². The van der Waals surface area contributed by atoms with Gasteiger partial charge in [0.1, 0.15) is 66.2 Å². The molecule has 13 atom stereocenters. The molecule has 0 bridgehead atoms. The minimum atomic E-state index is -2.02. The number of phenols is 1. The van der Waals surface area contributed by atoms with Crippen LogP contribution in [-0.2, 0) is 78.3 Å². The van der Waals surface area contributed by atoms with Crippen LogP contribution in [0.1, 0.15) is 105 Å². The molecule has 1 aromatic carbocycles. The molecule has 0 saturated heterocycles. The number of rotatable bonds is 43. The van der Waals surface area contributed by atoms with Crippen molar-refractivity contribution < 1.29 is 82.1 Å². The maximum absolute atomic E-state index is 14.6. The van der Waals surface area contributed by atoms with E-state index >= 15 is 0 Å². The second-order valence-electron chi connectivity index (χ2n) is 22.2. The van der Waals surface area contributed by atoms with Crippen molar-refractivity contribution in [3.05, 3.63) is 29.8 Å². The van der Waals surface area contributed by atoms with Crippen molar-refractivity contribution in [2.24, 2.45) is 62.9 Å². The Bertz CT molecular complexity index is 2810. The van der Waals surface area contributed by atoms with E-state index in [1.54, 1.807) is 27.7 Å². The molecule has 0 radical (unpaired) electrons. The molecule has 14 amide bonds. The number of benzene rings is 1. The summed E-state index contributed by atoms with van der Waals surface area (Å²) in [4.78, 5) is 203. The van der Waals surface area contributed by atoms with E-state index in [0.29, 0.717) is 5.56 Å². The zero-order valence-electron chi connectivity index (χ0n) is 52.0. The highest BCUT2D eigenvalue weighted by Gasteiger charge is 2.39. The van der Waals surface area contributed by atoms with E-state index in [0.717, 1.165) is 0 Å². The number of thiol groups is 2. The van der Waals surface area contributed by atoms with E-state index in [-0.39, 0.29) is 62.0 Å². The number of aliphatic carboxylic acids is 1. The third-order valence-corrected chi connectivity index (χ3v) is 14.7. The predicted molar refractivity (Wildman–Crippen MR) is 338 cm³/mol. The number of aliphatic imine (C=N–C) groups is 1. The van der Waals surface area contributed by atoms with Gasteiger partial charge in [0.25, 0.3) is 0 Å². The van der Waals surface area contributed by atoms with Crippen molar-refractivity contribution in [3.63, 3.8) is 0 Å². The molecule has 0 saturated carbocycles. The van der Waals surface area contributed by atoms with Crippen molar-refractivity contribution in [2.45, 2.75) is 172 Å². The molecular weight excluding hydrogens is 1250 g/mol. The highest BCUT2D eigenvalue weighted by molar-refractivity contribution is 7.80. The first-order valence-electron chi connectivity index (χ1n) is 29.2. The molecule has 1 rings (SSSR count). The summed E-state index contributed by atoms with van der Waals surface area (Å²) in [5.41, 5.74) is 38.8. The van der Waals surface area contributed by atoms with Gasteiger partial charge in [-0.05, 0) is 54.7 Å². The Morgan fingerprint density at radius 3 is 1.15 bits per heavy atom. The maximum Gasteiger partial charge on any atom is 0.327 e. The maximum atomic E-state index is 14.6. The summed E-state index contributed by atoms with van der Waals surface area (Å²) in [5, 5.41) is 43.2. The summed E-state index contributed by atoms with van der Waals surface area (Å²) in [7, 11) is 0. The zero-order valence-corrected chi connectivity index (χ0v) is 53.8. The normalized spacial score (nSPS) is 15.2. The Balaban J connectivity index is 3.75. The summed E-state index contributed by atoms with van der Waals surface area (Å²) >= 11 is 8.06. The molecule has 35 nitrogen and oxygen atoms in total. The minimum Gasteiger partial charge on any atom is -0.508 e. The van der Waals surface area contributed by atoms with Gasteiger partial charge in [-0.2, -0.15) is 25.3 Å². The van der Waals surface area contributed by atoms with Gasteiger partial charge in [0.05, 0.1) is 31.7 Å². The van der Waals surface area contributed by atoms with E-state index in [1.165, 1.54) is 24.3 Å². The number of phenolic OH excluding ortho intramolecular Hbond substituents is 1. The first-order valence-corrected chi connectivity index (χ1v) is 30.5. The number of carbonyl (C=O) groups excluding carboxylic acids is 14. The third-order valence-electron chi connectivity index (χ3n) is 14.0. The van der Waals surface area contributed by atoms with Gasteiger partial charge in [-0.1, -0.05) is 66.5 Å². The lowest BCUT2D eigenvalue weighted by Crippen LogP contribution is -2.62. The summed E-state index contributed by atoms with van der Waals surface area (Å²) < 4.78 is 0. The molecule has 0 heterocycles. The van der Waals surface area contributed by atoms with E-state index < -0.39 is 205 Å². The molecule has 0 aliphatic carbocycles. The number of amides is 14. The molecule has 92 heavy (non-hydrogen) atoms. The Hall–Kier alpha value is -9.00. The number of nitrogens with zero attached hydrogens (tertiary/aromatic N) is 1. The fourth-order valence-corrected chi connectivity index (χ4v) is 9.07. The van der Waals surface area contributed by atoms with Gasteiger partial charge in [0.2, 0.25) is 82.7 Å². The summed E-state index contributed by atoms with van der Waals surface area (Å²) in [6.45, 7) is 10.1. The Morgan fingerprint density at radius 2 is 0.783 bits per heavy atom. The number of aromatic hydroxyl groups is 1. The van der Waals surface area contributed by atoms with Gasteiger partial charge in [0.15, 0.2) is 5.96 Å². The molecule has 514 valence electrons. The molecule has 0 aliphatic rings. The van der Waals surface area contributed by atoms with Crippen LogP contribution < -0.4 is 93.3 Å². The van der Waals surface area contributed by atoms with Crippen molar-refractivity contribution in [1.82, 2.24) is 53.2 Å². The van der Waals surface area contributed by atoms with E-state index in [9.17, 15) is 82.1 Å². The second-order valence-corrected chi connectivity index (χ2v) is 22.9. The number of nitrogens with one attached hydrogen (secondary N) is 10. The topological polar surface area (TPSA) is 611 Å². The van der Waals surface area contributed by atoms with Gasteiger partial charge in [-0.3, -0.25) is 72.1 Å². The number of guanidine groups is 1. The lowest BCUT2D eigenvalue weighted by atomic mass is 9.94. The van der Waals surface area contributed by atoms with Crippen LogP contribution >= 0.6 is 25.3 Å². The second kappa shape index (κ2) is 40.7. The standard InChI is InChI=1S/C55H90N18O17S2/c1-7-25(5)42(73-53(88)43(26(6)8-2)72-45(80)30(10-9-15-63-55(61)62)64-51(86)36(22-91)70-49(84)32(18-38(57)75)65-44(79)29(56)16-24(3)4)52(87)69-31(17-27-11-13-28(74)14-12-27)46(81)66-33(19-39(58)76)47(82)67-34(20-40(59)77)48(83)68-35(21-41(60)78)50(85)71-37(23-92)54(89)90/h11-14,24-26,29-37,42-43,74,91-92H,7-10,15-23,56H2,1-6H3,(H2,57,75)(H2,58,76)(H2,59,77)(H2,60,78)(H,64,86)(H,65,79)(H,66,81)(H,67,82)(H,68,83)(H,69,87)(H,70,84)(H,71,85)(H,72,80)(H,73,88)(H,89,90)(H4,61,62,63)/t25-,26-,29-,30-,31-,32-,33-,34-,35-,36-,37-,42-,43-/m0/s1. The van der Waals surface area contributed by atoms with Crippen LogP contribution in [0.2, 0.25) is 0 Å². The fourth-order valence-electron chi connectivity index (χ4n) is 8.56. The lowest BCUT2D eigenvalue weighted by molar-refractivity contribution is -0.142. The first kappa shape index (κ1) is 81.0. The molecule has 26 N–H and O–H groups in total. The predicted octanol–water partition coefficient (Wildman–Crippen LogP) is -7.25. The number of hydrogen-bond donors (Lipinski definition) is 21. The summed E-state index contributed by atoms with van der Waals surface area (Å²) in [5.74, 6) is -19.6. The average molecular weight is 1340 g/mol. The SMILES string of the molecule is CC[C@H](C)[C@H](NC(=O)[C@H](CCCN=C(N)N)NC(=O)[C@H](CS)NC(=O)[C@H](CC(N)=O)NC(=O)[C@@H](N)CC(C)C)C(=O)N[C@H](C(=O)N[C@@H](Cc1ccc(O)cc1)C(=O)N[C@@H](CC(N)=O)C(=O)N[C@@H](CC(N)=O)C(=O)N[C@@H](CC(N)=O)C(=O)N[C@@H](CS)C(=O)O)[C@@H](C)CC. The first-order chi connectivity index (χ1) is 43.0. The molecule has 0 fully saturated rings. The van der Waals surface area contributed by atoms with Gasteiger partial charge in [-0.25, -0.2) is 4.79 Å². The molecule has 0 aliphatic heterocycles. The average Bonchev–Trinajstić information content (AvgIpc) is 1.08. The van der Waals surface area contributed by atoms with E-state index in [2.05, 4.69) is 78.1 Å². The monoisotopic (exact) mass is 1340 g/mol. The molecule has 37 heteroatoms. The van der Waals surface area contributed by atoms with E-state index in [1.807, 2.05) is 19.2 Å². The Morgan fingerprint density at radius 1 is 0.457 bits per heavy atom.